The molecule has 0 aliphatic carbocycles. The Balaban J connectivity index is 1.95. The standard InChI is InChI=1S/C19H19FO5/c1-23-18-9-12(19(21)22)4-6-15(18)16-10-13(20)5-7-17(16)25-11-14-3-2-8-24-14/h4-7,9-10,14H,2-3,8,11H2,1H3,(H,21,22). The number of rotatable bonds is 6. The van der Waals surface area contributed by atoms with Gasteiger partial charge in [0.25, 0.3) is 0 Å². The molecule has 0 spiro atoms. The molecule has 25 heavy (non-hydrogen) atoms. The van der Waals surface area contributed by atoms with E-state index in [1.165, 1.54) is 31.4 Å². The molecule has 1 saturated heterocycles. The molecule has 1 fully saturated rings. The first kappa shape index (κ1) is 17.2. The van der Waals surface area contributed by atoms with Gasteiger partial charge in [-0.3, -0.25) is 0 Å². The fourth-order valence-corrected chi connectivity index (χ4v) is 2.84. The quantitative estimate of drug-likeness (QED) is 0.863. The van der Waals surface area contributed by atoms with Crippen LogP contribution in [0.25, 0.3) is 11.1 Å². The highest BCUT2D eigenvalue weighted by Crippen LogP contribution is 2.37. The molecule has 0 radical (unpaired) electrons. The average molecular weight is 346 g/mol. The van der Waals surface area contributed by atoms with Crippen molar-refractivity contribution in [2.75, 3.05) is 20.3 Å². The highest BCUT2D eigenvalue weighted by Gasteiger charge is 2.19. The minimum Gasteiger partial charge on any atom is -0.496 e. The maximum absolute atomic E-state index is 13.8. The minimum absolute atomic E-state index is 0.0363. The van der Waals surface area contributed by atoms with E-state index in [0.717, 1.165) is 19.4 Å². The van der Waals surface area contributed by atoms with Crippen LogP contribution >= 0.6 is 0 Å². The van der Waals surface area contributed by atoms with Crippen LogP contribution in [0.15, 0.2) is 36.4 Å². The lowest BCUT2D eigenvalue weighted by molar-refractivity contribution is 0.0681. The van der Waals surface area contributed by atoms with E-state index in [2.05, 4.69) is 0 Å². The van der Waals surface area contributed by atoms with Gasteiger partial charge >= 0.3 is 5.97 Å². The summed E-state index contributed by atoms with van der Waals surface area (Å²) in [6, 6.07) is 8.69. The van der Waals surface area contributed by atoms with Gasteiger partial charge in [-0.25, -0.2) is 9.18 Å². The summed E-state index contributed by atoms with van der Waals surface area (Å²) in [4.78, 5) is 11.1. The maximum Gasteiger partial charge on any atom is 0.335 e. The van der Waals surface area contributed by atoms with Crippen LogP contribution in [0.4, 0.5) is 4.39 Å². The fourth-order valence-electron chi connectivity index (χ4n) is 2.84. The van der Waals surface area contributed by atoms with Gasteiger partial charge in [0.15, 0.2) is 0 Å². The van der Waals surface area contributed by atoms with E-state index in [1.807, 2.05) is 0 Å². The first-order valence-electron chi connectivity index (χ1n) is 8.04. The van der Waals surface area contributed by atoms with E-state index in [1.54, 1.807) is 12.1 Å². The summed E-state index contributed by atoms with van der Waals surface area (Å²) in [5.74, 6) is -0.631. The summed E-state index contributed by atoms with van der Waals surface area (Å²) < 4.78 is 30.5. The zero-order valence-electron chi connectivity index (χ0n) is 13.8. The summed E-state index contributed by atoms with van der Waals surface area (Å²) in [6.45, 7) is 1.11. The lowest BCUT2D eigenvalue weighted by Gasteiger charge is -2.16. The van der Waals surface area contributed by atoms with E-state index in [4.69, 9.17) is 19.3 Å². The Bertz CT molecular complexity index is 768. The van der Waals surface area contributed by atoms with Gasteiger partial charge in [-0.1, -0.05) is 0 Å². The molecular formula is C19H19FO5. The molecule has 5 nitrogen and oxygen atoms in total. The highest BCUT2D eigenvalue weighted by molar-refractivity contribution is 5.90. The topological polar surface area (TPSA) is 65.0 Å². The summed E-state index contributed by atoms with van der Waals surface area (Å²) >= 11 is 0. The minimum atomic E-state index is -1.06. The number of halogens is 1. The predicted molar refractivity (Wildman–Crippen MR) is 89.8 cm³/mol. The van der Waals surface area contributed by atoms with Crippen LogP contribution in [-0.4, -0.2) is 37.5 Å². The molecule has 3 rings (SSSR count). The van der Waals surface area contributed by atoms with Crippen molar-refractivity contribution in [3.05, 3.63) is 47.8 Å². The van der Waals surface area contributed by atoms with E-state index < -0.39 is 11.8 Å². The SMILES string of the molecule is COc1cc(C(=O)O)ccc1-c1cc(F)ccc1OCC1CCCO1. The molecule has 1 atom stereocenters. The van der Waals surface area contributed by atoms with Crippen molar-refractivity contribution in [2.45, 2.75) is 18.9 Å². The maximum atomic E-state index is 13.8. The zero-order valence-corrected chi connectivity index (χ0v) is 13.8. The number of carbonyl (C=O) groups is 1. The van der Waals surface area contributed by atoms with Gasteiger partial charge in [0, 0.05) is 17.7 Å². The van der Waals surface area contributed by atoms with Crippen LogP contribution in [-0.2, 0) is 4.74 Å². The Kier molecular flexibility index (Phi) is 5.19. The first-order chi connectivity index (χ1) is 12.1. The second kappa shape index (κ2) is 7.53. The number of carboxylic acids is 1. The summed E-state index contributed by atoms with van der Waals surface area (Å²) in [7, 11) is 1.44. The van der Waals surface area contributed by atoms with Gasteiger partial charge in [-0.15, -0.1) is 0 Å². The Labute approximate surface area is 144 Å². The second-order valence-corrected chi connectivity index (χ2v) is 5.81. The first-order valence-corrected chi connectivity index (χ1v) is 8.04. The number of methoxy groups -OCH3 is 1. The van der Waals surface area contributed by atoms with Crippen LogP contribution in [0.2, 0.25) is 0 Å². The molecule has 0 saturated carbocycles. The number of hydrogen-bond donors (Lipinski definition) is 1. The lowest BCUT2D eigenvalue weighted by atomic mass is 10.0. The largest absolute Gasteiger partial charge is 0.496 e. The van der Waals surface area contributed by atoms with Crippen molar-refractivity contribution in [1.82, 2.24) is 0 Å². The van der Waals surface area contributed by atoms with Crippen molar-refractivity contribution in [3.63, 3.8) is 0 Å². The van der Waals surface area contributed by atoms with Crippen molar-refractivity contribution in [1.29, 1.82) is 0 Å². The number of hydrogen-bond acceptors (Lipinski definition) is 4. The Morgan fingerprint density at radius 2 is 2.08 bits per heavy atom. The van der Waals surface area contributed by atoms with E-state index >= 15 is 0 Å². The van der Waals surface area contributed by atoms with Gasteiger partial charge in [0.2, 0.25) is 0 Å². The molecule has 2 aromatic rings. The molecular weight excluding hydrogens is 327 g/mol. The molecule has 1 aliphatic rings. The molecule has 1 unspecified atom stereocenters. The van der Waals surface area contributed by atoms with Gasteiger partial charge in [-0.2, -0.15) is 0 Å². The monoisotopic (exact) mass is 346 g/mol. The van der Waals surface area contributed by atoms with E-state index in [9.17, 15) is 9.18 Å². The molecule has 1 heterocycles. The van der Waals surface area contributed by atoms with Crippen molar-refractivity contribution in [2.24, 2.45) is 0 Å². The van der Waals surface area contributed by atoms with Gasteiger partial charge < -0.3 is 19.3 Å². The fraction of sp³-hybridized carbons (Fsp3) is 0.316. The van der Waals surface area contributed by atoms with Crippen LogP contribution in [0.1, 0.15) is 23.2 Å². The number of ether oxygens (including phenoxy) is 3. The summed E-state index contributed by atoms with van der Waals surface area (Å²) in [6.07, 6.45) is 1.98. The summed E-state index contributed by atoms with van der Waals surface area (Å²) in [5.41, 5.74) is 1.17. The molecule has 132 valence electrons. The second-order valence-electron chi connectivity index (χ2n) is 5.81. The van der Waals surface area contributed by atoms with E-state index in [0.29, 0.717) is 29.2 Å². The van der Waals surface area contributed by atoms with Crippen LogP contribution < -0.4 is 9.47 Å². The van der Waals surface area contributed by atoms with Crippen LogP contribution in [0, 0.1) is 5.82 Å². The third-order valence-corrected chi connectivity index (χ3v) is 4.13. The average Bonchev–Trinajstić information content (AvgIpc) is 3.13. The van der Waals surface area contributed by atoms with Crippen LogP contribution in [0.5, 0.6) is 11.5 Å². The van der Waals surface area contributed by atoms with Gasteiger partial charge in [0.05, 0.1) is 18.8 Å². The molecule has 0 amide bonds. The molecule has 0 bridgehead atoms. The normalized spacial score (nSPS) is 16.6. The molecule has 0 aromatic heterocycles. The lowest BCUT2D eigenvalue weighted by Crippen LogP contribution is -2.16. The summed E-state index contributed by atoms with van der Waals surface area (Å²) in [5, 5.41) is 9.12. The zero-order chi connectivity index (χ0) is 17.8. The van der Waals surface area contributed by atoms with E-state index in [-0.39, 0.29) is 11.7 Å². The Morgan fingerprint density at radius 1 is 1.24 bits per heavy atom. The molecule has 1 aliphatic heterocycles. The van der Waals surface area contributed by atoms with Crippen molar-refractivity contribution < 1.29 is 28.5 Å². The van der Waals surface area contributed by atoms with Crippen LogP contribution in [0.3, 0.4) is 0 Å². The smallest absolute Gasteiger partial charge is 0.335 e. The molecule has 6 heteroatoms. The number of aromatic carboxylic acids is 1. The van der Waals surface area contributed by atoms with Gasteiger partial charge in [0.1, 0.15) is 23.9 Å². The number of carboxylic acid groups (broad SMARTS) is 1. The van der Waals surface area contributed by atoms with Crippen molar-refractivity contribution in [3.8, 4) is 22.6 Å². The predicted octanol–water partition coefficient (Wildman–Crippen LogP) is 3.76. The Morgan fingerprint density at radius 3 is 2.76 bits per heavy atom. The Hall–Kier alpha value is -2.60. The number of benzene rings is 2. The van der Waals surface area contributed by atoms with Crippen molar-refractivity contribution >= 4 is 5.97 Å². The third-order valence-electron chi connectivity index (χ3n) is 4.13. The third kappa shape index (κ3) is 3.91. The molecule has 1 N–H and O–H groups in total. The highest BCUT2D eigenvalue weighted by atomic mass is 19.1. The van der Waals surface area contributed by atoms with Gasteiger partial charge in [-0.05, 0) is 49.2 Å². The molecule has 2 aromatic carbocycles.